The topological polar surface area (TPSA) is 35.6 Å². The van der Waals surface area contributed by atoms with Crippen molar-refractivity contribution in [3.63, 3.8) is 0 Å². The first-order chi connectivity index (χ1) is 13.1. The molecule has 3 rings (SSSR count). The fourth-order valence-corrected chi connectivity index (χ4v) is 3.31. The average molecular weight is 364 g/mol. The summed E-state index contributed by atoms with van der Waals surface area (Å²) >= 11 is 0. The van der Waals surface area contributed by atoms with Gasteiger partial charge in [-0.05, 0) is 36.6 Å². The quantitative estimate of drug-likeness (QED) is 0.852. The van der Waals surface area contributed by atoms with Crippen LogP contribution in [0.4, 0.5) is 5.69 Å². The average Bonchev–Trinajstić information content (AvgIpc) is 2.70. The van der Waals surface area contributed by atoms with Crippen LogP contribution < -0.4 is 5.32 Å². The highest BCUT2D eigenvalue weighted by Crippen LogP contribution is 2.17. The Morgan fingerprint density at radius 3 is 2.48 bits per heavy atom. The summed E-state index contributed by atoms with van der Waals surface area (Å²) < 4.78 is 0. The number of anilines is 1. The van der Waals surface area contributed by atoms with Gasteiger partial charge in [-0.25, -0.2) is 0 Å². The Balaban J connectivity index is 1.41. The molecule has 1 N–H and O–H groups in total. The van der Waals surface area contributed by atoms with E-state index in [1.165, 1.54) is 16.7 Å². The van der Waals surface area contributed by atoms with Crippen LogP contribution in [-0.4, -0.2) is 55.0 Å². The van der Waals surface area contributed by atoms with E-state index in [1.807, 2.05) is 23.1 Å². The number of nitrogens with zero attached hydrogens (tertiary/aromatic N) is 2. The normalized spacial score (nSPS) is 15.3. The molecule has 1 saturated heterocycles. The summed E-state index contributed by atoms with van der Waals surface area (Å²) in [5.74, 6) is 0.176. The van der Waals surface area contributed by atoms with E-state index in [0.29, 0.717) is 6.54 Å². The number of hydrogen-bond acceptors (Lipinski definition) is 3. The zero-order valence-corrected chi connectivity index (χ0v) is 16.3. The van der Waals surface area contributed by atoms with Crippen molar-refractivity contribution in [1.29, 1.82) is 0 Å². The second-order valence-electron chi connectivity index (χ2n) is 7.10. The number of piperazine rings is 1. The number of amides is 1. The Morgan fingerprint density at radius 2 is 1.74 bits per heavy atom. The summed E-state index contributed by atoms with van der Waals surface area (Å²) in [5, 5.41) is 3.30. The standard InChI is InChI=1S/C23H29N3O/c1-19-8-6-12-22(20(19)2)24-18-23(27)26-16-14-25(15-17-26)13-7-11-21-9-4-3-5-10-21/h3-12,24H,13-18H2,1-2H3/b11-7+. The third-order valence-corrected chi connectivity index (χ3v) is 5.23. The number of rotatable bonds is 6. The van der Waals surface area contributed by atoms with Gasteiger partial charge in [0, 0.05) is 38.4 Å². The molecule has 1 amide bonds. The monoisotopic (exact) mass is 363 g/mol. The lowest BCUT2D eigenvalue weighted by Crippen LogP contribution is -2.50. The van der Waals surface area contributed by atoms with Crippen LogP contribution in [-0.2, 0) is 4.79 Å². The highest BCUT2D eigenvalue weighted by atomic mass is 16.2. The van der Waals surface area contributed by atoms with Crippen molar-refractivity contribution < 1.29 is 4.79 Å². The van der Waals surface area contributed by atoms with Crippen molar-refractivity contribution in [2.45, 2.75) is 13.8 Å². The minimum Gasteiger partial charge on any atom is -0.376 e. The molecule has 1 aliphatic heterocycles. The maximum Gasteiger partial charge on any atom is 0.241 e. The molecular weight excluding hydrogens is 334 g/mol. The largest absolute Gasteiger partial charge is 0.376 e. The molecule has 142 valence electrons. The van der Waals surface area contributed by atoms with Gasteiger partial charge in [0.2, 0.25) is 5.91 Å². The molecular formula is C23H29N3O. The van der Waals surface area contributed by atoms with E-state index in [-0.39, 0.29) is 5.91 Å². The van der Waals surface area contributed by atoms with E-state index in [4.69, 9.17) is 0 Å². The molecule has 2 aromatic carbocycles. The summed E-state index contributed by atoms with van der Waals surface area (Å²) in [5.41, 5.74) is 4.72. The molecule has 2 aromatic rings. The SMILES string of the molecule is Cc1cccc(NCC(=O)N2CCN(C/C=C/c3ccccc3)CC2)c1C. The van der Waals surface area contributed by atoms with Crippen molar-refractivity contribution in [2.75, 3.05) is 44.6 Å². The summed E-state index contributed by atoms with van der Waals surface area (Å²) in [4.78, 5) is 16.9. The molecule has 0 radical (unpaired) electrons. The van der Waals surface area contributed by atoms with Crippen LogP contribution in [0.2, 0.25) is 0 Å². The van der Waals surface area contributed by atoms with E-state index in [0.717, 1.165) is 38.4 Å². The highest BCUT2D eigenvalue weighted by molar-refractivity contribution is 5.81. The summed E-state index contributed by atoms with van der Waals surface area (Å²) in [7, 11) is 0. The van der Waals surface area contributed by atoms with Crippen molar-refractivity contribution >= 4 is 17.7 Å². The van der Waals surface area contributed by atoms with E-state index in [9.17, 15) is 4.79 Å². The lowest BCUT2D eigenvalue weighted by Gasteiger charge is -2.34. The number of aryl methyl sites for hydroxylation is 1. The van der Waals surface area contributed by atoms with Crippen LogP contribution in [0.1, 0.15) is 16.7 Å². The third kappa shape index (κ3) is 5.44. The van der Waals surface area contributed by atoms with Crippen LogP contribution in [0.15, 0.2) is 54.6 Å². The molecule has 0 atom stereocenters. The predicted molar refractivity (Wildman–Crippen MR) is 113 cm³/mol. The Kier molecular flexibility index (Phi) is 6.66. The minimum atomic E-state index is 0.176. The molecule has 4 heteroatoms. The summed E-state index contributed by atoms with van der Waals surface area (Å²) in [6.45, 7) is 8.91. The van der Waals surface area contributed by atoms with Gasteiger partial charge >= 0.3 is 0 Å². The fraction of sp³-hybridized carbons (Fsp3) is 0.348. The molecule has 0 bridgehead atoms. The molecule has 1 heterocycles. The predicted octanol–water partition coefficient (Wildman–Crippen LogP) is 3.57. The van der Waals surface area contributed by atoms with Gasteiger partial charge in [0.15, 0.2) is 0 Å². The van der Waals surface area contributed by atoms with Crippen LogP contribution in [0, 0.1) is 13.8 Å². The second kappa shape index (κ2) is 9.38. The zero-order valence-electron chi connectivity index (χ0n) is 16.3. The zero-order chi connectivity index (χ0) is 19.1. The maximum absolute atomic E-state index is 12.5. The number of benzene rings is 2. The van der Waals surface area contributed by atoms with Gasteiger partial charge in [0.1, 0.15) is 0 Å². The molecule has 0 unspecified atom stereocenters. The van der Waals surface area contributed by atoms with E-state index < -0.39 is 0 Å². The Bertz CT molecular complexity index is 777. The minimum absolute atomic E-state index is 0.176. The van der Waals surface area contributed by atoms with Crippen LogP contribution in [0.25, 0.3) is 6.08 Å². The summed E-state index contributed by atoms with van der Waals surface area (Å²) in [6.07, 6.45) is 4.36. The van der Waals surface area contributed by atoms with Gasteiger partial charge in [0.25, 0.3) is 0 Å². The van der Waals surface area contributed by atoms with Crippen molar-refractivity contribution in [2.24, 2.45) is 0 Å². The molecule has 0 spiro atoms. The smallest absolute Gasteiger partial charge is 0.241 e. The van der Waals surface area contributed by atoms with Crippen molar-refractivity contribution in [1.82, 2.24) is 9.80 Å². The molecule has 0 saturated carbocycles. The Labute approximate surface area is 162 Å². The molecule has 1 aliphatic rings. The van der Waals surface area contributed by atoms with E-state index >= 15 is 0 Å². The van der Waals surface area contributed by atoms with Gasteiger partial charge in [-0.3, -0.25) is 9.69 Å². The molecule has 1 fully saturated rings. The first-order valence-electron chi connectivity index (χ1n) is 9.65. The molecule has 0 aromatic heterocycles. The maximum atomic E-state index is 12.5. The van der Waals surface area contributed by atoms with Crippen molar-refractivity contribution in [3.05, 3.63) is 71.3 Å². The molecule has 0 aliphatic carbocycles. The first kappa shape index (κ1) is 19.2. The van der Waals surface area contributed by atoms with Gasteiger partial charge in [-0.2, -0.15) is 0 Å². The number of nitrogens with one attached hydrogen (secondary N) is 1. The highest BCUT2D eigenvalue weighted by Gasteiger charge is 2.20. The number of carbonyl (C=O) groups is 1. The molecule has 27 heavy (non-hydrogen) atoms. The van der Waals surface area contributed by atoms with Crippen LogP contribution in [0.5, 0.6) is 0 Å². The van der Waals surface area contributed by atoms with Crippen molar-refractivity contribution in [3.8, 4) is 0 Å². The first-order valence-corrected chi connectivity index (χ1v) is 9.65. The van der Waals surface area contributed by atoms with Crippen LogP contribution in [0.3, 0.4) is 0 Å². The Hall–Kier alpha value is -2.59. The van der Waals surface area contributed by atoms with E-state index in [1.54, 1.807) is 0 Å². The summed E-state index contributed by atoms with van der Waals surface area (Å²) in [6, 6.07) is 16.5. The van der Waals surface area contributed by atoms with E-state index in [2.05, 4.69) is 66.5 Å². The number of carbonyl (C=O) groups excluding carboxylic acids is 1. The Morgan fingerprint density at radius 1 is 1.00 bits per heavy atom. The lowest BCUT2D eigenvalue weighted by atomic mass is 10.1. The van der Waals surface area contributed by atoms with Crippen LogP contribution >= 0.6 is 0 Å². The van der Waals surface area contributed by atoms with Gasteiger partial charge in [-0.15, -0.1) is 0 Å². The van der Waals surface area contributed by atoms with Gasteiger partial charge in [-0.1, -0.05) is 54.6 Å². The molecule has 4 nitrogen and oxygen atoms in total. The third-order valence-electron chi connectivity index (χ3n) is 5.23. The fourth-order valence-electron chi connectivity index (χ4n) is 3.31. The van der Waals surface area contributed by atoms with Gasteiger partial charge < -0.3 is 10.2 Å². The lowest BCUT2D eigenvalue weighted by molar-refractivity contribution is -0.130. The number of hydrogen-bond donors (Lipinski definition) is 1. The second-order valence-corrected chi connectivity index (χ2v) is 7.10. The van der Waals surface area contributed by atoms with Gasteiger partial charge in [0.05, 0.1) is 6.54 Å².